The van der Waals surface area contributed by atoms with Crippen molar-refractivity contribution in [3.8, 4) is 11.5 Å². The lowest BCUT2D eigenvalue weighted by Crippen LogP contribution is -2.30. The number of carbonyl (C=O) groups is 1. The molecule has 1 fully saturated rings. The second kappa shape index (κ2) is 3.87. The van der Waals surface area contributed by atoms with Crippen LogP contribution in [0.25, 0.3) is 0 Å². The number of rotatable bonds is 3. The molecular weight excluding hydrogens is 244 g/mol. The number of carbonyl (C=O) groups excluding carboxylic acids is 1. The number of amides is 1. The lowest BCUT2D eigenvalue weighted by atomic mass is 10.1. The summed E-state index contributed by atoms with van der Waals surface area (Å²) in [6, 6.07) is 5.41. The van der Waals surface area contributed by atoms with Crippen molar-refractivity contribution in [2.24, 2.45) is 11.1 Å². The van der Waals surface area contributed by atoms with E-state index < -0.39 is 5.79 Å². The maximum absolute atomic E-state index is 12.1. The summed E-state index contributed by atoms with van der Waals surface area (Å²) in [5.41, 5.74) is 6.00. The average Bonchev–Trinajstić information content (AvgIpc) is 3.07. The second-order valence-corrected chi connectivity index (χ2v) is 5.70. The number of hydrogen-bond donors (Lipinski definition) is 2. The van der Waals surface area contributed by atoms with E-state index in [4.69, 9.17) is 15.2 Å². The van der Waals surface area contributed by atoms with Crippen LogP contribution < -0.4 is 20.5 Å². The van der Waals surface area contributed by atoms with Crippen LogP contribution in [0.3, 0.4) is 0 Å². The fourth-order valence-corrected chi connectivity index (χ4v) is 2.24. The maximum atomic E-state index is 12.1. The SMILES string of the molecule is CC1(C)Oc2ccc(NC(=O)C3(CN)CC3)cc2O1. The molecule has 0 atom stereocenters. The molecule has 3 N–H and O–H groups in total. The van der Waals surface area contributed by atoms with Gasteiger partial charge in [-0.3, -0.25) is 4.79 Å². The quantitative estimate of drug-likeness (QED) is 0.872. The first kappa shape index (κ1) is 12.3. The van der Waals surface area contributed by atoms with Gasteiger partial charge in [-0.25, -0.2) is 0 Å². The van der Waals surface area contributed by atoms with Gasteiger partial charge in [-0.1, -0.05) is 0 Å². The van der Waals surface area contributed by atoms with E-state index in [1.54, 1.807) is 6.07 Å². The summed E-state index contributed by atoms with van der Waals surface area (Å²) in [5.74, 6) is 0.691. The van der Waals surface area contributed by atoms with Gasteiger partial charge in [-0.2, -0.15) is 0 Å². The van der Waals surface area contributed by atoms with E-state index in [2.05, 4.69) is 5.32 Å². The topological polar surface area (TPSA) is 73.6 Å². The third-order valence-electron chi connectivity index (χ3n) is 3.64. The zero-order chi connectivity index (χ0) is 13.7. The molecule has 0 bridgehead atoms. The largest absolute Gasteiger partial charge is 0.449 e. The van der Waals surface area contributed by atoms with Crippen LogP contribution >= 0.6 is 0 Å². The van der Waals surface area contributed by atoms with E-state index in [9.17, 15) is 4.79 Å². The molecule has 1 aliphatic carbocycles. The van der Waals surface area contributed by atoms with Gasteiger partial charge in [0.15, 0.2) is 11.5 Å². The Morgan fingerprint density at radius 1 is 1.32 bits per heavy atom. The summed E-state index contributed by atoms with van der Waals surface area (Å²) in [5, 5.41) is 2.90. The Morgan fingerprint density at radius 3 is 2.63 bits per heavy atom. The molecule has 1 aromatic carbocycles. The van der Waals surface area contributed by atoms with Crippen LogP contribution in [0.4, 0.5) is 5.69 Å². The van der Waals surface area contributed by atoms with Gasteiger partial charge < -0.3 is 20.5 Å². The molecule has 1 saturated carbocycles. The molecule has 0 unspecified atom stereocenters. The van der Waals surface area contributed by atoms with Crippen molar-refractivity contribution in [2.75, 3.05) is 11.9 Å². The van der Waals surface area contributed by atoms with E-state index >= 15 is 0 Å². The van der Waals surface area contributed by atoms with Gasteiger partial charge in [-0.05, 0) is 25.0 Å². The molecule has 1 aliphatic heterocycles. The summed E-state index contributed by atoms with van der Waals surface area (Å²) < 4.78 is 11.2. The number of benzene rings is 1. The molecule has 1 aromatic rings. The smallest absolute Gasteiger partial charge is 0.246 e. The molecule has 0 aromatic heterocycles. The average molecular weight is 262 g/mol. The Labute approximate surface area is 112 Å². The first-order valence-corrected chi connectivity index (χ1v) is 6.48. The van der Waals surface area contributed by atoms with Crippen molar-refractivity contribution < 1.29 is 14.3 Å². The van der Waals surface area contributed by atoms with E-state index in [0.29, 0.717) is 23.7 Å². The molecule has 1 amide bonds. The van der Waals surface area contributed by atoms with Crippen LogP contribution in [-0.2, 0) is 4.79 Å². The molecule has 0 radical (unpaired) electrons. The molecule has 5 nitrogen and oxygen atoms in total. The van der Waals surface area contributed by atoms with Crippen LogP contribution in [-0.4, -0.2) is 18.2 Å². The number of anilines is 1. The summed E-state index contributed by atoms with van der Waals surface area (Å²) in [6.45, 7) is 4.09. The number of ether oxygens (including phenoxy) is 2. The van der Waals surface area contributed by atoms with E-state index in [1.807, 2.05) is 26.0 Å². The first-order valence-electron chi connectivity index (χ1n) is 6.48. The summed E-state index contributed by atoms with van der Waals surface area (Å²) >= 11 is 0. The fourth-order valence-electron chi connectivity index (χ4n) is 2.24. The molecule has 5 heteroatoms. The van der Waals surface area contributed by atoms with Crippen molar-refractivity contribution in [1.29, 1.82) is 0 Å². The molecule has 0 saturated heterocycles. The van der Waals surface area contributed by atoms with Crippen LogP contribution in [0.2, 0.25) is 0 Å². The Morgan fingerprint density at radius 2 is 2.00 bits per heavy atom. The highest BCUT2D eigenvalue weighted by atomic mass is 16.7. The molecule has 3 rings (SSSR count). The minimum absolute atomic E-state index is 0.00637. The highest BCUT2D eigenvalue weighted by molar-refractivity contribution is 5.97. The maximum Gasteiger partial charge on any atom is 0.246 e. The van der Waals surface area contributed by atoms with E-state index in [0.717, 1.165) is 12.8 Å². The molecule has 0 spiro atoms. The predicted molar refractivity (Wildman–Crippen MR) is 71.1 cm³/mol. The Bertz CT molecular complexity index is 535. The van der Waals surface area contributed by atoms with Gasteiger partial charge in [0.05, 0.1) is 5.41 Å². The highest BCUT2D eigenvalue weighted by Gasteiger charge is 2.48. The number of fused-ring (bicyclic) bond motifs is 1. The first-order chi connectivity index (χ1) is 8.94. The number of nitrogens with two attached hydrogens (primary N) is 1. The standard InChI is InChI=1S/C14H18N2O3/c1-13(2)18-10-4-3-9(7-11(10)19-13)16-12(17)14(8-15)5-6-14/h3-4,7H,5-6,8,15H2,1-2H3,(H,16,17). The van der Waals surface area contributed by atoms with E-state index in [-0.39, 0.29) is 11.3 Å². The van der Waals surface area contributed by atoms with Crippen molar-refractivity contribution in [1.82, 2.24) is 0 Å². The predicted octanol–water partition coefficient (Wildman–Crippen LogP) is 1.87. The van der Waals surface area contributed by atoms with Gasteiger partial charge in [0.1, 0.15) is 0 Å². The third-order valence-corrected chi connectivity index (χ3v) is 3.64. The summed E-state index contributed by atoms with van der Waals surface area (Å²) in [4.78, 5) is 12.1. The molecular formula is C14H18N2O3. The zero-order valence-electron chi connectivity index (χ0n) is 11.2. The second-order valence-electron chi connectivity index (χ2n) is 5.70. The van der Waals surface area contributed by atoms with Gasteiger partial charge in [0.25, 0.3) is 0 Å². The van der Waals surface area contributed by atoms with Crippen LogP contribution in [0, 0.1) is 5.41 Å². The van der Waals surface area contributed by atoms with Crippen molar-refractivity contribution in [3.05, 3.63) is 18.2 Å². The van der Waals surface area contributed by atoms with Gasteiger partial charge in [0.2, 0.25) is 11.7 Å². The Kier molecular flexibility index (Phi) is 2.50. The minimum atomic E-state index is -0.653. The summed E-state index contributed by atoms with van der Waals surface area (Å²) in [6.07, 6.45) is 1.74. The highest BCUT2D eigenvalue weighted by Crippen LogP contribution is 2.46. The van der Waals surface area contributed by atoms with Crippen LogP contribution in [0.1, 0.15) is 26.7 Å². The van der Waals surface area contributed by atoms with Crippen molar-refractivity contribution in [3.63, 3.8) is 0 Å². The molecule has 19 heavy (non-hydrogen) atoms. The lowest BCUT2D eigenvalue weighted by molar-refractivity contribution is -0.120. The molecule has 2 aliphatic rings. The van der Waals surface area contributed by atoms with E-state index in [1.165, 1.54) is 0 Å². The van der Waals surface area contributed by atoms with Gasteiger partial charge >= 0.3 is 0 Å². The number of nitrogens with one attached hydrogen (secondary N) is 1. The van der Waals surface area contributed by atoms with Crippen molar-refractivity contribution >= 4 is 11.6 Å². The lowest BCUT2D eigenvalue weighted by Gasteiger charge is -2.16. The molecule has 1 heterocycles. The van der Waals surface area contributed by atoms with Crippen LogP contribution in [0.15, 0.2) is 18.2 Å². The number of hydrogen-bond acceptors (Lipinski definition) is 4. The van der Waals surface area contributed by atoms with Crippen molar-refractivity contribution in [2.45, 2.75) is 32.5 Å². The van der Waals surface area contributed by atoms with Gasteiger partial charge in [-0.15, -0.1) is 0 Å². The molecule has 102 valence electrons. The Balaban J connectivity index is 1.76. The Hall–Kier alpha value is -1.75. The minimum Gasteiger partial charge on any atom is -0.449 e. The fraction of sp³-hybridized carbons (Fsp3) is 0.500. The third kappa shape index (κ3) is 2.14. The normalized spacial score (nSPS) is 21.0. The van der Waals surface area contributed by atoms with Gasteiger partial charge in [0, 0.05) is 32.1 Å². The monoisotopic (exact) mass is 262 g/mol. The van der Waals surface area contributed by atoms with Crippen LogP contribution in [0.5, 0.6) is 11.5 Å². The zero-order valence-corrected chi connectivity index (χ0v) is 11.2. The summed E-state index contributed by atoms with van der Waals surface area (Å²) in [7, 11) is 0.